The minimum absolute atomic E-state index is 0.290. The van der Waals surface area contributed by atoms with Crippen molar-refractivity contribution in [2.24, 2.45) is 0 Å². The Morgan fingerprint density at radius 2 is 2.17 bits per heavy atom. The number of hydrogen-bond donors (Lipinski definition) is 1. The maximum atomic E-state index is 13.7. The van der Waals surface area contributed by atoms with Gasteiger partial charge in [0.2, 0.25) is 0 Å². The lowest BCUT2D eigenvalue weighted by atomic mass is 10.1. The number of ether oxygens (including phenoxy) is 1. The predicted molar refractivity (Wildman–Crippen MR) is 87.4 cm³/mol. The third-order valence-corrected chi connectivity index (χ3v) is 3.57. The number of hydrogen-bond acceptors (Lipinski definition) is 4. The van der Waals surface area contributed by atoms with E-state index in [1.165, 1.54) is 29.3 Å². The molecule has 0 saturated carbocycles. The van der Waals surface area contributed by atoms with Crippen LogP contribution in [0.2, 0.25) is 0 Å². The van der Waals surface area contributed by atoms with Gasteiger partial charge in [-0.2, -0.15) is 5.10 Å². The Hall–Kier alpha value is -2.98. The van der Waals surface area contributed by atoms with Crippen LogP contribution in [-0.4, -0.2) is 32.5 Å². The highest BCUT2D eigenvalue weighted by Gasteiger charge is 2.14. The van der Waals surface area contributed by atoms with Crippen LogP contribution in [-0.2, 0) is 4.74 Å². The number of fused-ring (bicyclic) bond motifs is 1. The first-order chi connectivity index (χ1) is 11.4. The Labute approximate surface area is 137 Å². The summed E-state index contributed by atoms with van der Waals surface area (Å²) in [5, 5.41) is 4.54. The molecule has 0 fully saturated rings. The SMILES string of the molecule is COC(C)(C)C#Cc1cc(F)ccc1-n1ncc2c(=O)[nH]cnc21. The van der Waals surface area contributed by atoms with E-state index in [9.17, 15) is 9.18 Å². The van der Waals surface area contributed by atoms with Gasteiger partial charge in [0.05, 0.1) is 23.8 Å². The quantitative estimate of drug-likeness (QED) is 0.731. The molecule has 0 bridgehead atoms. The van der Waals surface area contributed by atoms with Gasteiger partial charge < -0.3 is 9.72 Å². The molecule has 0 amide bonds. The fourth-order valence-corrected chi connectivity index (χ4v) is 2.09. The van der Waals surface area contributed by atoms with E-state index < -0.39 is 11.4 Å². The first kappa shape index (κ1) is 15.9. The van der Waals surface area contributed by atoms with Crippen LogP contribution in [0.4, 0.5) is 4.39 Å². The fraction of sp³-hybridized carbons (Fsp3) is 0.235. The van der Waals surface area contributed by atoms with Gasteiger partial charge >= 0.3 is 0 Å². The van der Waals surface area contributed by atoms with E-state index in [1.54, 1.807) is 13.2 Å². The molecule has 0 aliphatic heterocycles. The lowest BCUT2D eigenvalue weighted by molar-refractivity contribution is 0.0742. The highest BCUT2D eigenvalue weighted by Crippen LogP contribution is 2.19. The molecule has 0 spiro atoms. The summed E-state index contributed by atoms with van der Waals surface area (Å²) < 4.78 is 20.4. The second-order valence-electron chi connectivity index (χ2n) is 5.65. The van der Waals surface area contributed by atoms with Crippen molar-refractivity contribution >= 4 is 11.0 Å². The fourth-order valence-electron chi connectivity index (χ4n) is 2.09. The molecule has 6 nitrogen and oxygen atoms in total. The molecule has 0 atom stereocenters. The second kappa shape index (κ2) is 5.91. The Kier molecular flexibility index (Phi) is 3.91. The van der Waals surface area contributed by atoms with Gasteiger partial charge in [-0.05, 0) is 32.0 Å². The van der Waals surface area contributed by atoms with Crippen LogP contribution in [0.15, 0.2) is 35.5 Å². The standard InChI is InChI=1S/C17H15FN4O2/c1-17(2,24-3)7-6-11-8-12(18)4-5-14(11)22-15-13(9-21-22)16(23)20-10-19-15/h4-5,8-10H,1-3H3,(H,19,20,23). The number of aromatic amines is 1. The van der Waals surface area contributed by atoms with Gasteiger partial charge in [0.1, 0.15) is 16.8 Å². The van der Waals surface area contributed by atoms with Gasteiger partial charge in [-0.1, -0.05) is 11.8 Å². The van der Waals surface area contributed by atoms with Crippen LogP contribution < -0.4 is 5.56 Å². The number of H-pyrrole nitrogens is 1. The third-order valence-electron chi connectivity index (χ3n) is 3.57. The van der Waals surface area contributed by atoms with Gasteiger partial charge in [-0.3, -0.25) is 4.79 Å². The maximum Gasteiger partial charge on any atom is 0.261 e. The number of benzene rings is 1. The van der Waals surface area contributed by atoms with Gasteiger partial charge in [0.25, 0.3) is 5.56 Å². The van der Waals surface area contributed by atoms with Crippen molar-refractivity contribution in [3.05, 3.63) is 52.5 Å². The summed E-state index contributed by atoms with van der Waals surface area (Å²) in [4.78, 5) is 18.4. The Morgan fingerprint density at radius 1 is 1.38 bits per heavy atom. The molecule has 2 heterocycles. The molecule has 2 aromatic heterocycles. The lowest BCUT2D eigenvalue weighted by Gasteiger charge is -2.14. The molecule has 0 aliphatic carbocycles. The van der Waals surface area contributed by atoms with E-state index >= 15 is 0 Å². The molecule has 24 heavy (non-hydrogen) atoms. The number of halogens is 1. The molecule has 1 aromatic carbocycles. The summed E-state index contributed by atoms with van der Waals surface area (Å²) in [5.74, 6) is 5.45. The van der Waals surface area contributed by atoms with Crippen molar-refractivity contribution in [1.29, 1.82) is 0 Å². The van der Waals surface area contributed by atoms with Crippen LogP contribution >= 0.6 is 0 Å². The molecular formula is C17H15FN4O2. The van der Waals surface area contributed by atoms with Crippen molar-refractivity contribution in [2.75, 3.05) is 7.11 Å². The van der Waals surface area contributed by atoms with Crippen molar-refractivity contribution in [1.82, 2.24) is 19.7 Å². The van der Waals surface area contributed by atoms with Crippen LogP contribution in [0.3, 0.4) is 0 Å². The molecule has 0 radical (unpaired) electrons. The van der Waals surface area contributed by atoms with Crippen LogP contribution in [0.5, 0.6) is 0 Å². The lowest BCUT2D eigenvalue weighted by Crippen LogP contribution is -2.19. The third kappa shape index (κ3) is 2.92. The van der Waals surface area contributed by atoms with Crippen molar-refractivity contribution in [2.45, 2.75) is 19.4 Å². The number of rotatable bonds is 2. The predicted octanol–water partition coefficient (Wildman–Crippen LogP) is 2.02. The monoisotopic (exact) mass is 326 g/mol. The normalized spacial score (nSPS) is 11.3. The van der Waals surface area contributed by atoms with E-state index in [0.29, 0.717) is 22.3 Å². The molecule has 0 saturated heterocycles. The van der Waals surface area contributed by atoms with Gasteiger partial charge in [-0.25, -0.2) is 14.1 Å². The van der Waals surface area contributed by atoms with Gasteiger partial charge in [0.15, 0.2) is 5.65 Å². The molecule has 0 aliphatic rings. The summed E-state index contributed by atoms with van der Waals surface area (Å²) in [6.45, 7) is 3.62. The molecule has 0 unspecified atom stereocenters. The van der Waals surface area contributed by atoms with Crippen LogP contribution in [0.1, 0.15) is 19.4 Å². The first-order valence-electron chi connectivity index (χ1n) is 7.21. The second-order valence-corrected chi connectivity index (χ2v) is 5.65. The average Bonchev–Trinajstić information content (AvgIpc) is 2.98. The Morgan fingerprint density at radius 3 is 2.92 bits per heavy atom. The van der Waals surface area contributed by atoms with E-state index in [0.717, 1.165) is 0 Å². The van der Waals surface area contributed by atoms with Crippen LogP contribution in [0.25, 0.3) is 16.7 Å². The highest BCUT2D eigenvalue weighted by molar-refractivity contribution is 5.75. The first-order valence-corrected chi connectivity index (χ1v) is 7.21. The molecule has 1 N–H and O–H groups in total. The molecule has 7 heteroatoms. The molecular weight excluding hydrogens is 311 g/mol. The summed E-state index contributed by atoms with van der Waals surface area (Å²) in [5.41, 5.74) is 0.363. The van der Waals surface area contributed by atoms with Crippen molar-refractivity contribution in [3.63, 3.8) is 0 Å². The zero-order valence-corrected chi connectivity index (χ0v) is 13.4. The molecule has 122 valence electrons. The molecule has 3 aromatic rings. The summed E-state index contributed by atoms with van der Waals surface area (Å²) >= 11 is 0. The molecule has 3 rings (SSSR count). The van der Waals surface area contributed by atoms with E-state index in [2.05, 4.69) is 26.9 Å². The van der Waals surface area contributed by atoms with Gasteiger partial charge in [0, 0.05) is 7.11 Å². The van der Waals surface area contributed by atoms with Crippen molar-refractivity contribution < 1.29 is 9.13 Å². The maximum absolute atomic E-state index is 13.7. The number of aromatic nitrogens is 4. The topological polar surface area (TPSA) is 72.8 Å². The average molecular weight is 326 g/mol. The largest absolute Gasteiger partial charge is 0.366 e. The zero-order valence-electron chi connectivity index (χ0n) is 13.4. The van der Waals surface area contributed by atoms with E-state index in [1.807, 2.05) is 13.8 Å². The minimum Gasteiger partial charge on any atom is -0.366 e. The number of nitrogens with one attached hydrogen (secondary N) is 1. The summed E-state index contributed by atoms with van der Waals surface area (Å²) in [6.07, 6.45) is 2.71. The van der Waals surface area contributed by atoms with E-state index in [4.69, 9.17) is 4.74 Å². The smallest absolute Gasteiger partial charge is 0.261 e. The minimum atomic E-state index is -0.675. The Bertz CT molecular complexity index is 1020. The summed E-state index contributed by atoms with van der Waals surface area (Å²) in [7, 11) is 1.55. The summed E-state index contributed by atoms with van der Waals surface area (Å²) in [6, 6.07) is 4.17. The van der Waals surface area contributed by atoms with Crippen LogP contribution in [0, 0.1) is 17.7 Å². The van der Waals surface area contributed by atoms with Gasteiger partial charge in [-0.15, -0.1) is 0 Å². The van der Waals surface area contributed by atoms with E-state index in [-0.39, 0.29) is 5.56 Å². The Balaban J connectivity index is 2.21. The zero-order chi connectivity index (χ0) is 17.3. The number of nitrogens with zero attached hydrogens (tertiary/aromatic N) is 3. The van der Waals surface area contributed by atoms with Crippen molar-refractivity contribution in [3.8, 4) is 17.5 Å². The highest BCUT2D eigenvalue weighted by atomic mass is 19.1. The number of methoxy groups -OCH3 is 1.